The van der Waals surface area contributed by atoms with Gasteiger partial charge in [0.25, 0.3) is 5.91 Å². The highest BCUT2D eigenvalue weighted by Crippen LogP contribution is 2.45. The molecule has 1 saturated carbocycles. The third-order valence-corrected chi connectivity index (χ3v) is 3.50. The van der Waals surface area contributed by atoms with Crippen molar-refractivity contribution in [2.24, 2.45) is 5.73 Å². The minimum Gasteiger partial charge on any atom is -0.476 e. The lowest BCUT2D eigenvalue weighted by Crippen LogP contribution is -2.45. The van der Waals surface area contributed by atoms with Gasteiger partial charge in [-0.05, 0) is 44.4 Å². The molecule has 0 atom stereocenters. The number of hydrogen-bond donors (Lipinski definition) is 2. The maximum atomic E-state index is 11.8. The number of hydrogen-bond acceptors (Lipinski definition) is 3. The zero-order valence-corrected chi connectivity index (χ0v) is 10.0. The fraction of sp³-hybridized carbons (Fsp3) is 0.462. The molecule has 2 aliphatic rings. The second-order valence-corrected chi connectivity index (χ2v) is 5.43. The standard InChI is InChI=1S/C13H16N2O2/c1-12(2)11(16)15-9-7-8(13(14)5-6-13)3-4-10(9)17-12/h3-4,7H,5-6,14H2,1-2H3,(H,15,16). The Balaban J connectivity index is 2.00. The quantitative estimate of drug-likeness (QED) is 0.775. The summed E-state index contributed by atoms with van der Waals surface area (Å²) in [4.78, 5) is 11.8. The molecule has 0 radical (unpaired) electrons. The van der Waals surface area contributed by atoms with Crippen LogP contribution in [0.5, 0.6) is 5.75 Å². The van der Waals surface area contributed by atoms with Crippen LogP contribution >= 0.6 is 0 Å². The van der Waals surface area contributed by atoms with E-state index >= 15 is 0 Å². The highest BCUT2D eigenvalue weighted by atomic mass is 16.5. The number of amides is 1. The first-order valence-corrected chi connectivity index (χ1v) is 5.85. The molecule has 17 heavy (non-hydrogen) atoms. The van der Waals surface area contributed by atoms with Crippen molar-refractivity contribution >= 4 is 11.6 Å². The van der Waals surface area contributed by atoms with E-state index in [0.717, 1.165) is 24.1 Å². The molecule has 3 N–H and O–H groups in total. The summed E-state index contributed by atoms with van der Waals surface area (Å²) < 4.78 is 5.67. The van der Waals surface area contributed by atoms with E-state index in [0.29, 0.717) is 5.75 Å². The van der Waals surface area contributed by atoms with Crippen LogP contribution in [0.25, 0.3) is 0 Å². The summed E-state index contributed by atoms with van der Waals surface area (Å²) in [6, 6.07) is 5.80. The number of nitrogens with two attached hydrogens (primary N) is 1. The SMILES string of the molecule is CC1(C)Oc2ccc(C3(N)CC3)cc2NC1=O. The molecule has 4 nitrogen and oxygen atoms in total. The third kappa shape index (κ3) is 1.60. The van der Waals surface area contributed by atoms with Gasteiger partial charge in [0.05, 0.1) is 5.69 Å². The molecule has 1 fully saturated rings. The average molecular weight is 232 g/mol. The average Bonchev–Trinajstić information content (AvgIpc) is 2.98. The Bertz CT molecular complexity index is 504. The summed E-state index contributed by atoms with van der Waals surface area (Å²) in [6.45, 7) is 3.51. The van der Waals surface area contributed by atoms with Crippen molar-refractivity contribution in [2.45, 2.75) is 37.8 Å². The molecule has 0 unspecified atom stereocenters. The lowest BCUT2D eigenvalue weighted by molar-refractivity contribution is -0.129. The monoisotopic (exact) mass is 232 g/mol. The van der Waals surface area contributed by atoms with Gasteiger partial charge in [-0.2, -0.15) is 0 Å². The van der Waals surface area contributed by atoms with Gasteiger partial charge in [0.1, 0.15) is 5.75 Å². The Morgan fingerprint density at radius 3 is 2.71 bits per heavy atom. The van der Waals surface area contributed by atoms with E-state index < -0.39 is 5.60 Å². The van der Waals surface area contributed by atoms with E-state index in [2.05, 4.69) is 5.32 Å². The molecule has 1 aromatic carbocycles. The number of benzene rings is 1. The van der Waals surface area contributed by atoms with E-state index in [1.165, 1.54) is 0 Å². The second-order valence-electron chi connectivity index (χ2n) is 5.43. The molecule has 1 aliphatic carbocycles. The van der Waals surface area contributed by atoms with Gasteiger partial charge in [0.2, 0.25) is 0 Å². The molecular weight excluding hydrogens is 216 g/mol. The van der Waals surface area contributed by atoms with Crippen LogP contribution in [0.1, 0.15) is 32.3 Å². The molecule has 0 spiro atoms. The van der Waals surface area contributed by atoms with Crippen molar-refractivity contribution in [2.75, 3.05) is 5.32 Å². The Morgan fingerprint density at radius 1 is 1.35 bits per heavy atom. The van der Waals surface area contributed by atoms with Crippen molar-refractivity contribution in [3.05, 3.63) is 23.8 Å². The zero-order valence-electron chi connectivity index (χ0n) is 10.0. The Morgan fingerprint density at radius 2 is 2.06 bits per heavy atom. The van der Waals surface area contributed by atoms with Gasteiger partial charge in [0.15, 0.2) is 5.60 Å². The minimum absolute atomic E-state index is 0.121. The number of anilines is 1. The Kier molecular flexibility index (Phi) is 1.88. The normalized spacial score (nSPS) is 23.4. The maximum absolute atomic E-state index is 11.8. The van der Waals surface area contributed by atoms with Crippen LogP contribution < -0.4 is 15.8 Å². The van der Waals surface area contributed by atoms with Gasteiger partial charge in [-0.1, -0.05) is 6.07 Å². The van der Waals surface area contributed by atoms with E-state index in [1.54, 1.807) is 13.8 Å². The summed E-state index contributed by atoms with van der Waals surface area (Å²) in [5.41, 5.74) is 6.93. The molecule has 90 valence electrons. The molecule has 3 rings (SSSR count). The number of fused-ring (bicyclic) bond motifs is 1. The number of rotatable bonds is 1. The van der Waals surface area contributed by atoms with Crippen LogP contribution in [-0.2, 0) is 10.3 Å². The van der Waals surface area contributed by atoms with E-state index in [-0.39, 0.29) is 11.4 Å². The maximum Gasteiger partial charge on any atom is 0.268 e. The predicted molar refractivity (Wildman–Crippen MR) is 64.9 cm³/mol. The van der Waals surface area contributed by atoms with Gasteiger partial charge in [0, 0.05) is 5.54 Å². The van der Waals surface area contributed by atoms with Crippen molar-refractivity contribution in [3.8, 4) is 5.75 Å². The first kappa shape index (κ1) is 10.6. The third-order valence-electron chi connectivity index (χ3n) is 3.50. The summed E-state index contributed by atoms with van der Waals surface area (Å²) in [6.07, 6.45) is 2.01. The highest BCUT2D eigenvalue weighted by molar-refractivity contribution is 6.00. The van der Waals surface area contributed by atoms with Crippen LogP contribution in [0.15, 0.2) is 18.2 Å². The lowest BCUT2D eigenvalue weighted by Gasteiger charge is -2.32. The summed E-state index contributed by atoms with van der Waals surface area (Å²) in [5, 5.41) is 2.87. The van der Waals surface area contributed by atoms with Gasteiger partial charge in [-0.15, -0.1) is 0 Å². The van der Waals surface area contributed by atoms with Gasteiger partial charge in [-0.25, -0.2) is 0 Å². The zero-order chi connectivity index (χ0) is 12.3. The lowest BCUT2D eigenvalue weighted by atomic mass is 10.0. The van der Waals surface area contributed by atoms with Crippen LogP contribution in [0.4, 0.5) is 5.69 Å². The van der Waals surface area contributed by atoms with E-state index in [4.69, 9.17) is 10.5 Å². The van der Waals surface area contributed by atoms with Crippen molar-refractivity contribution in [3.63, 3.8) is 0 Å². The summed E-state index contributed by atoms with van der Waals surface area (Å²) in [7, 11) is 0. The van der Waals surface area contributed by atoms with Crippen LogP contribution in [0, 0.1) is 0 Å². The second kappa shape index (κ2) is 3.01. The summed E-state index contributed by atoms with van der Waals surface area (Å²) >= 11 is 0. The minimum atomic E-state index is -0.811. The number of carbonyl (C=O) groups excluding carboxylic acids is 1. The first-order chi connectivity index (χ1) is 7.91. The molecule has 0 saturated heterocycles. The molecule has 1 heterocycles. The summed E-state index contributed by atoms with van der Waals surface area (Å²) in [5.74, 6) is 0.589. The highest BCUT2D eigenvalue weighted by Gasteiger charge is 2.41. The van der Waals surface area contributed by atoms with Gasteiger partial charge in [-0.3, -0.25) is 4.79 Å². The van der Waals surface area contributed by atoms with Crippen LogP contribution in [0.3, 0.4) is 0 Å². The van der Waals surface area contributed by atoms with Crippen LogP contribution in [0.2, 0.25) is 0 Å². The van der Waals surface area contributed by atoms with E-state index in [1.807, 2.05) is 18.2 Å². The van der Waals surface area contributed by atoms with Crippen molar-refractivity contribution < 1.29 is 9.53 Å². The van der Waals surface area contributed by atoms with Crippen molar-refractivity contribution in [1.82, 2.24) is 0 Å². The fourth-order valence-electron chi connectivity index (χ4n) is 2.04. The first-order valence-electron chi connectivity index (χ1n) is 5.85. The van der Waals surface area contributed by atoms with Gasteiger partial charge >= 0.3 is 0 Å². The Hall–Kier alpha value is -1.55. The molecule has 1 amide bonds. The molecule has 4 heteroatoms. The molecule has 0 bridgehead atoms. The smallest absolute Gasteiger partial charge is 0.268 e. The number of nitrogens with one attached hydrogen (secondary N) is 1. The molecular formula is C13H16N2O2. The number of carbonyl (C=O) groups is 1. The molecule has 1 aromatic rings. The number of ether oxygens (including phenoxy) is 1. The molecule has 1 aliphatic heterocycles. The predicted octanol–water partition coefficient (Wildman–Crippen LogP) is 1.74. The largest absolute Gasteiger partial charge is 0.476 e. The Labute approximate surface area is 100 Å². The van der Waals surface area contributed by atoms with Crippen molar-refractivity contribution in [1.29, 1.82) is 0 Å². The van der Waals surface area contributed by atoms with Gasteiger partial charge < -0.3 is 15.8 Å². The topological polar surface area (TPSA) is 64.3 Å². The fourth-order valence-corrected chi connectivity index (χ4v) is 2.04. The van der Waals surface area contributed by atoms with E-state index in [9.17, 15) is 4.79 Å². The van der Waals surface area contributed by atoms with Crippen LogP contribution in [-0.4, -0.2) is 11.5 Å². The molecule has 0 aromatic heterocycles.